The summed E-state index contributed by atoms with van der Waals surface area (Å²) in [6, 6.07) is 15.1. The lowest BCUT2D eigenvalue weighted by atomic mass is 9.87. The quantitative estimate of drug-likeness (QED) is 0.387. The zero-order valence-electron chi connectivity index (χ0n) is 24.2. The third-order valence-electron chi connectivity index (χ3n) is 8.14. The van der Waals surface area contributed by atoms with Crippen molar-refractivity contribution < 1.29 is 33.6 Å². The van der Waals surface area contributed by atoms with E-state index < -0.39 is 12.1 Å². The Kier molecular flexibility index (Phi) is 8.56. The molecule has 3 aromatic carbocycles. The molecule has 2 N–H and O–H groups in total. The van der Waals surface area contributed by atoms with Crippen LogP contribution in [0, 0.1) is 0 Å². The molecular weight excluding hydrogens is 524 g/mol. The Balaban J connectivity index is 1.49. The van der Waals surface area contributed by atoms with Crippen LogP contribution >= 0.6 is 0 Å². The number of aliphatic hydroxyl groups excluding tert-OH is 1. The molecule has 1 amide bonds. The topological polar surface area (TPSA) is 98.7 Å². The summed E-state index contributed by atoms with van der Waals surface area (Å²) in [5, 5.41) is 13.8. The average molecular weight is 563 g/mol. The van der Waals surface area contributed by atoms with Gasteiger partial charge in [0.2, 0.25) is 11.7 Å². The van der Waals surface area contributed by atoms with Gasteiger partial charge in [0.15, 0.2) is 23.0 Å². The van der Waals surface area contributed by atoms with Crippen LogP contribution in [0.15, 0.2) is 48.5 Å². The summed E-state index contributed by atoms with van der Waals surface area (Å²) in [7, 11) is 8.05. The maximum Gasteiger partial charge on any atom is 0.234 e. The van der Waals surface area contributed by atoms with Gasteiger partial charge in [0, 0.05) is 24.6 Å². The molecule has 41 heavy (non-hydrogen) atoms. The van der Waals surface area contributed by atoms with E-state index in [-0.39, 0.29) is 18.5 Å². The Labute approximate surface area is 240 Å². The maximum absolute atomic E-state index is 13.5. The minimum atomic E-state index is -0.655. The minimum absolute atomic E-state index is 0.147. The van der Waals surface area contributed by atoms with Crippen molar-refractivity contribution >= 4 is 5.91 Å². The van der Waals surface area contributed by atoms with Gasteiger partial charge in [0.1, 0.15) is 0 Å². The lowest BCUT2D eigenvalue weighted by molar-refractivity contribution is -0.124. The van der Waals surface area contributed by atoms with Crippen molar-refractivity contribution in [1.29, 1.82) is 0 Å². The highest BCUT2D eigenvalue weighted by atomic mass is 16.5. The van der Waals surface area contributed by atoms with Gasteiger partial charge in [-0.2, -0.15) is 0 Å². The van der Waals surface area contributed by atoms with Gasteiger partial charge >= 0.3 is 0 Å². The van der Waals surface area contributed by atoms with Crippen molar-refractivity contribution in [2.24, 2.45) is 0 Å². The Morgan fingerprint density at radius 1 is 0.878 bits per heavy atom. The molecule has 1 aliphatic heterocycles. The van der Waals surface area contributed by atoms with Crippen LogP contribution in [0.3, 0.4) is 0 Å². The summed E-state index contributed by atoms with van der Waals surface area (Å²) in [6.07, 6.45) is 1.16. The van der Waals surface area contributed by atoms with E-state index in [1.54, 1.807) is 35.5 Å². The summed E-state index contributed by atoms with van der Waals surface area (Å²) in [5.41, 5.74) is 5.10. The number of carbonyl (C=O) groups is 1. The Hall–Kier alpha value is -3.95. The fraction of sp³-hybridized carbons (Fsp3) is 0.406. The van der Waals surface area contributed by atoms with E-state index in [0.717, 1.165) is 27.8 Å². The fourth-order valence-corrected chi connectivity index (χ4v) is 6.21. The summed E-state index contributed by atoms with van der Waals surface area (Å²) in [5.74, 6) is 2.86. The van der Waals surface area contributed by atoms with Crippen LogP contribution in [-0.2, 0) is 24.1 Å². The number of hydrogen-bond donors (Lipinski definition) is 2. The van der Waals surface area contributed by atoms with E-state index in [2.05, 4.69) is 10.2 Å². The number of fused-ring (bicyclic) bond motifs is 2. The van der Waals surface area contributed by atoms with Crippen LogP contribution in [-0.4, -0.2) is 70.7 Å². The van der Waals surface area contributed by atoms with Gasteiger partial charge in [-0.05, 0) is 53.3 Å². The number of aliphatic hydroxyl groups is 1. The number of amides is 1. The van der Waals surface area contributed by atoms with E-state index in [1.165, 1.54) is 0 Å². The van der Waals surface area contributed by atoms with E-state index >= 15 is 0 Å². The summed E-state index contributed by atoms with van der Waals surface area (Å²) < 4.78 is 28.3. The molecule has 0 spiro atoms. The van der Waals surface area contributed by atoms with Crippen molar-refractivity contribution in [3.05, 3.63) is 76.3 Å². The normalized spacial score (nSPS) is 19.6. The van der Waals surface area contributed by atoms with E-state index in [9.17, 15) is 9.90 Å². The van der Waals surface area contributed by atoms with Gasteiger partial charge in [0.05, 0.1) is 54.2 Å². The average Bonchev–Trinajstić information content (AvgIpc) is 3.31. The second-order valence-corrected chi connectivity index (χ2v) is 10.4. The molecule has 3 atom stereocenters. The number of hydrogen-bond acceptors (Lipinski definition) is 8. The Morgan fingerprint density at radius 3 is 2.32 bits per heavy atom. The molecule has 1 aliphatic carbocycles. The fourth-order valence-electron chi connectivity index (χ4n) is 6.21. The number of methoxy groups -OCH3 is 5. The second kappa shape index (κ2) is 12.3. The number of nitrogens with one attached hydrogen (secondary N) is 1. The van der Waals surface area contributed by atoms with Crippen LogP contribution in [0.2, 0.25) is 0 Å². The molecule has 0 fully saturated rings. The van der Waals surface area contributed by atoms with Crippen LogP contribution in [0.4, 0.5) is 0 Å². The van der Waals surface area contributed by atoms with Gasteiger partial charge in [-0.1, -0.05) is 30.3 Å². The van der Waals surface area contributed by atoms with E-state index in [4.69, 9.17) is 23.7 Å². The number of carbonyl (C=O) groups excluding carboxylic acids is 1. The zero-order chi connectivity index (χ0) is 29.1. The number of rotatable bonds is 10. The van der Waals surface area contributed by atoms with Gasteiger partial charge in [0.25, 0.3) is 0 Å². The molecule has 5 rings (SSSR count). The summed E-state index contributed by atoms with van der Waals surface area (Å²) in [4.78, 5) is 15.7. The first-order valence-corrected chi connectivity index (χ1v) is 13.7. The molecule has 3 aromatic rings. The van der Waals surface area contributed by atoms with Crippen molar-refractivity contribution in [1.82, 2.24) is 10.2 Å². The summed E-state index contributed by atoms with van der Waals surface area (Å²) in [6.45, 7) is 0.807. The lowest BCUT2D eigenvalue weighted by Crippen LogP contribution is -2.45. The first kappa shape index (κ1) is 28.6. The van der Waals surface area contributed by atoms with Gasteiger partial charge in [-0.3, -0.25) is 9.69 Å². The van der Waals surface area contributed by atoms with Crippen LogP contribution in [0.25, 0.3) is 0 Å². The third-order valence-corrected chi connectivity index (χ3v) is 8.14. The first-order chi connectivity index (χ1) is 19.9. The Morgan fingerprint density at radius 2 is 1.61 bits per heavy atom. The van der Waals surface area contributed by atoms with E-state index in [1.807, 2.05) is 48.5 Å². The minimum Gasteiger partial charge on any atom is -0.493 e. The molecule has 1 heterocycles. The largest absolute Gasteiger partial charge is 0.493 e. The van der Waals surface area contributed by atoms with Gasteiger partial charge in [-0.25, -0.2) is 0 Å². The SMILES string of the molecule is COc1ccc(CC2c3c(cc(OC)c(OC)c3OC)CCN2CC(=O)N[C@@H]2c3ccccc3C[C@@H]2O)cc1OC. The molecule has 0 radical (unpaired) electrons. The maximum atomic E-state index is 13.5. The molecular formula is C32H38N2O7. The molecule has 0 aromatic heterocycles. The third kappa shape index (κ3) is 5.52. The molecule has 9 nitrogen and oxygen atoms in total. The first-order valence-electron chi connectivity index (χ1n) is 13.7. The van der Waals surface area contributed by atoms with Gasteiger partial charge in [-0.15, -0.1) is 0 Å². The van der Waals surface area contributed by atoms with Crippen LogP contribution in [0.1, 0.15) is 39.9 Å². The second-order valence-electron chi connectivity index (χ2n) is 10.4. The molecule has 218 valence electrons. The molecule has 0 saturated carbocycles. The highest BCUT2D eigenvalue weighted by Crippen LogP contribution is 2.48. The van der Waals surface area contributed by atoms with E-state index in [0.29, 0.717) is 54.6 Å². The summed E-state index contributed by atoms with van der Waals surface area (Å²) >= 11 is 0. The van der Waals surface area contributed by atoms with Crippen LogP contribution in [0.5, 0.6) is 28.7 Å². The molecule has 0 bridgehead atoms. The predicted molar refractivity (Wildman–Crippen MR) is 154 cm³/mol. The van der Waals surface area contributed by atoms with Gasteiger partial charge < -0.3 is 34.1 Å². The zero-order valence-corrected chi connectivity index (χ0v) is 24.2. The lowest BCUT2D eigenvalue weighted by Gasteiger charge is -2.38. The highest BCUT2D eigenvalue weighted by Gasteiger charge is 2.37. The molecule has 9 heteroatoms. The Bertz CT molecular complexity index is 1410. The number of benzene rings is 3. The van der Waals surface area contributed by atoms with Crippen LogP contribution < -0.4 is 29.0 Å². The van der Waals surface area contributed by atoms with Crippen molar-refractivity contribution in [3.8, 4) is 28.7 Å². The number of nitrogens with zero attached hydrogens (tertiary/aromatic N) is 1. The molecule has 2 aliphatic rings. The van der Waals surface area contributed by atoms with Crippen molar-refractivity contribution in [2.75, 3.05) is 48.6 Å². The smallest absolute Gasteiger partial charge is 0.234 e. The van der Waals surface area contributed by atoms with Crippen molar-refractivity contribution in [2.45, 2.75) is 37.5 Å². The standard InChI is InChI=1S/C32H38N2O7/c1-37-25-11-10-19(15-26(25)38-2)14-23-29-21(17-27(39-3)31(40-4)32(29)41-5)12-13-34(23)18-28(36)33-30-22-9-7-6-8-20(22)16-24(30)35/h6-11,15,17,23-24,30,35H,12-14,16,18H2,1-5H3,(H,33,36)/t23?,24-,30+/m0/s1. The molecule has 0 saturated heterocycles. The monoisotopic (exact) mass is 562 g/mol. The highest BCUT2D eigenvalue weighted by molar-refractivity contribution is 5.79. The predicted octanol–water partition coefficient (Wildman–Crippen LogP) is 3.65. The molecule has 1 unspecified atom stereocenters. The van der Waals surface area contributed by atoms with Crippen molar-refractivity contribution in [3.63, 3.8) is 0 Å². The number of ether oxygens (including phenoxy) is 5.